The number of aliphatic imine (C=N–C) groups is 1. The third-order valence-electron chi connectivity index (χ3n) is 6.38. The molecule has 166 valence electrons. The number of ether oxygens (including phenoxy) is 1. The third-order valence-corrected chi connectivity index (χ3v) is 6.38. The number of piperazine rings is 1. The smallest absolute Gasteiger partial charge is 0.244 e. The second-order valence-electron chi connectivity index (χ2n) is 8.35. The largest absolute Gasteiger partial charge is 0.381 e. The summed E-state index contributed by atoms with van der Waals surface area (Å²) < 4.78 is 5.64. The fraction of sp³-hybridized carbons (Fsp3) is 0.636. The Bertz CT molecular complexity index is 715. The van der Waals surface area contributed by atoms with Crippen LogP contribution in [0.15, 0.2) is 35.3 Å². The van der Waals surface area contributed by atoms with Crippen LogP contribution in [0.2, 0.25) is 0 Å². The Hall–Kier alpha value is -1.55. The number of hydrogen-bond acceptors (Lipinski definition) is 4. The van der Waals surface area contributed by atoms with Gasteiger partial charge in [-0.3, -0.25) is 4.79 Å². The average Bonchev–Trinajstić information content (AvgIpc) is 3.41. The highest BCUT2D eigenvalue weighted by Crippen LogP contribution is 2.38. The topological polar surface area (TPSA) is 60.4 Å². The van der Waals surface area contributed by atoms with Crippen molar-refractivity contribution in [1.82, 2.24) is 15.1 Å². The minimum atomic E-state index is 0. The Kier molecular flexibility index (Phi) is 8.21. The van der Waals surface area contributed by atoms with E-state index in [1.807, 2.05) is 11.0 Å². The molecule has 3 saturated heterocycles. The Balaban J connectivity index is 0.00000256. The molecule has 1 N–H and O–H groups in total. The summed E-state index contributed by atoms with van der Waals surface area (Å²) in [7, 11) is 0. The molecule has 0 aliphatic carbocycles. The van der Waals surface area contributed by atoms with Crippen molar-refractivity contribution in [2.45, 2.75) is 19.8 Å². The van der Waals surface area contributed by atoms with Gasteiger partial charge in [0.25, 0.3) is 0 Å². The maximum absolute atomic E-state index is 12.7. The molecular formula is C22H34IN5O2. The number of benzene rings is 1. The first kappa shape index (κ1) is 23.1. The van der Waals surface area contributed by atoms with E-state index in [9.17, 15) is 4.79 Å². The molecule has 3 fully saturated rings. The summed E-state index contributed by atoms with van der Waals surface area (Å²) in [6, 6.07) is 10.4. The van der Waals surface area contributed by atoms with Gasteiger partial charge in [0.2, 0.25) is 5.91 Å². The normalized spacial score (nSPS) is 24.3. The lowest BCUT2D eigenvalue weighted by molar-refractivity contribution is -0.129. The maximum Gasteiger partial charge on any atom is 0.244 e. The van der Waals surface area contributed by atoms with E-state index in [0.29, 0.717) is 0 Å². The SMILES string of the molecule is CCNC(=NCC(=O)N1CCN(c2ccccc2)CC1)N1CCC2(CCOC2)C1.I. The highest BCUT2D eigenvalue weighted by molar-refractivity contribution is 14.0. The zero-order chi connectivity index (χ0) is 20.1. The molecule has 4 rings (SSSR count). The number of likely N-dealkylation sites (tertiary alicyclic amines) is 1. The number of halogens is 1. The van der Waals surface area contributed by atoms with Gasteiger partial charge < -0.3 is 24.8 Å². The van der Waals surface area contributed by atoms with Crippen molar-refractivity contribution in [3.8, 4) is 0 Å². The fourth-order valence-electron chi connectivity index (χ4n) is 4.61. The molecule has 7 nitrogen and oxygen atoms in total. The van der Waals surface area contributed by atoms with Gasteiger partial charge in [-0.25, -0.2) is 4.99 Å². The van der Waals surface area contributed by atoms with E-state index in [4.69, 9.17) is 4.74 Å². The predicted molar refractivity (Wildman–Crippen MR) is 131 cm³/mol. The van der Waals surface area contributed by atoms with Crippen LogP contribution in [0, 0.1) is 5.41 Å². The molecule has 1 aromatic carbocycles. The summed E-state index contributed by atoms with van der Waals surface area (Å²) in [6.07, 6.45) is 2.28. The van der Waals surface area contributed by atoms with E-state index in [2.05, 4.69) is 51.3 Å². The number of carbonyl (C=O) groups excluding carboxylic acids is 1. The van der Waals surface area contributed by atoms with Crippen molar-refractivity contribution < 1.29 is 9.53 Å². The quantitative estimate of drug-likeness (QED) is 0.369. The first-order valence-electron chi connectivity index (χ1n) is 10.9. The van der Waals surface area contributed by atoms with Crippen molar-refractivity contribution in [3.05, 3.63) is 30.3 Å². The van der Waals surface area contributed by atoms with Gasteiger partial charge in [0.1, 0.15) is 6.54 Å². The summed E-state index contributed by atoms with van der Waals surface area (Å²) in [5, 5.41) is 3.37. The molecule has 1 unspecified atom stereocenters. The van der Waals surface area contributed by atoms with E-state index < -0.39 is 0 Å². The van der Waals surface area contributed by atoms with Crippen LogP contribution in [-0.4, -0.2) is 87.2 Å². The van der Waals surface area contributed by atoms with Crippen molar-refractivity contribution in [3.63, 3.8) is 0 Å². The predicted octanol–water partition coefficient (Wildman–Crippen LogP) is 2.03. The Morgan fingerprint density at radius 3 is 2.53 bits per heavy atom. The minimum Gasteiger partial charge on any atom is -0.381 e. The zero-order valence-corrected chi connectivity index (χ0v) is 20.2. The van der Waals surface area contributed by atoms with Gasteiger partial charge in [-0.1, -0.05) is 18.2 Å². The maximum atomic E-state index is 12.7. The highest BCUT2D eigenvalue weighted by Gasteiger charge is 2.42. The number of carbonyl (C=O) groups is 1. The van der Waals surface area contributed by atoms with Crippen LogP contribution >= 0.6 is 24.0 Å². The van der Waals surface area contributed by atoms with E-state index in [0.717, 1.165) is 77.8 Å². The average molecular weight is 527 g/mol. The lowest BCUT2D eigenvalue weighted by Gasteiger charge is -2.36. The second-order valence-corrected chi connectivity index (χ2v) is 8.35. The van der Waals surface area contributed by atoms with Crippen molar-refractivity contribution in [1.29, 1.82) is 0 Å². The molecule has 3 heterocycles. The van der Waals surface area contributed by atoms with Crippen molar-refractivity contribution >= 4 is 41.5 Å². The Labute approximate surface area is 196 Å². The number of para-hydroxylation sites is 1. The molecule has 1 spiro atoms. The first-order chi connectivity index (χ1) is 14.2. The number of rotatable bonds is 4. The van der Waals surface area contributed by atoms with Crippen molar-refractivity contribution in [2.75, 3.05) is 70.5 Å². The van der Waals surface area contributed by atoms with Gasteiger partial charge in [-0.15, -0.1) is 24.0 Å². The summed E-state index contributed by atoms with van der Waals surface area (Å²) in [5.41, 5.74) is 1.51. The molecule has 0 radical (unpaired) electrons. The lowest BCUT2D eigenvalue weighted by Crippen LogP contribution is -2.49. The van der Waals surface area contributed by atoms with Crippen molar-refractivity contribution in [2.24, 2.45) is 10.4 Å². The van der Waals surface area contributed by atoms with Crippen LogP contribution in [0.25, 0.3) is 0 Å². The van der Waals surface area contributed by atoms with Crippen LogP contribution in [0.5, 0.6) is 0 Å². The summed E-state index contributed by atoms with van der Waals surface area (Å²) in [5.74, 6) is 0.985. The van der Waals surface area contributed by atoms with Crippen LogP contribution in [0.1, 0.15) is 19.8 Å². The van der Waals surface area contributed by atoms with Crippen LogP contribution < -0.4 is 10.2 Å². The van der Waals surface area contributed by atoms with Crippen LogP contribution in [0.3, 0.4) is 0 Å². The second kappa shape index (κ2) is 10.7. The van der Waals surface area contributed by atoms with E-state index in [-0.39, 0.29) is 41.8 Å². The first-order valence-corrected chi connectivity index (χ1v) is 10.9. The lowest BCUT2D eigenvalue weighted by atomic mass is 9.87. The third kappa shape index (κ3) is 5.38. The summed E-state index contributed by atoms with van der Waals surface area (Å²) in [4.78, 5) is 24.0. The van der Waals surface area contributed by atoms with Gasteiger partial charge >= 0.3 is 0 Å². The van der Waals surface area contributed by atoms with Gasteiger partial charge in [-0.05, 0) is 31.9 Å². The molecule has 3 aliphatic heterocycles. The molecule has 30 heavy (non-hydrogen) atoms. The van der Waals surface area contributed by atoms with Crippen LogP contribution in [0.4, 0.5) is 5.69 Å². The zero-order valence-electron chi connectivity index (χ0n) is 17.9. The van der Waals surface area contributed by atoms with E-state index >= 15 is 0 Å². The number of hydrogen-bond donors (Lipinski definition) is 1. The number of anilines is 1. The highest BCUT2D eigenvalue weighted by atomic mass is 127. The monoisotopic (exact) mass is 527 g/mol. The van der Waals surface area contributed by atoms with Gasteiger partial charge in [0.15, 0.2) is 5.96 Å². The molecule has 0 aromatic heterocycles. The molecule has 1 amide bonds. The van der Waals surface area contributed by atoms with Gasteiger partial charge in [-0.2, -0.15) is 0 Å². The van der Waals surface area contributed by atoms with E-state index in [1.165, 1.54) is 5.69 Å². The molecule has 1 atom stereocenters. The number of nitrogens with zero attached hydrogens (tertiary/aromatic N) is 4. The molecule has 0 saturated carbocycles. The number of nitrogens with one attached hydrogen (secondary N) is 1. The molecule has 1 aromatic rings. The molecule has 8 heteroatoms. The van der Waals surface area contributed by atoms with Gasteiger partial charge in [0, 0.05) is 63.5 Å². The fourth-order valence-corrected chi connectivity index (χ4v) is 4.61. The number of amides is 1. The minimum absolute atomic E-state index is 0. The van der Waals surface area contributed by atoms with Crippen LogP contribution in [-0.2, 0) is 9.53 Å². The standard InChI is InChI=1S/C22H33N5O2.HI/c1-2-23-21(27-10-8-22(17-27)9-15-29-18-22)24-16-20(28)26-13-11-25(12-14-26)19-6-4-3-5-7-19;/h3-7H,2,8-18H2,1H3,(H,23,24);1H. The Morgan fingerprint density at radius 1 is 1.10 bits per heavy atom. The Morgan fingerprint density at radius 2 is 1.87 bits per heavy atom. The van der Waals surface area contributed by atoms with E-state index in [1.54, 1.807) is 0 Å². The molecule has 0 bridgehead atoms. The summed E-state index contributed by atoms with van der Waals surface area (Å²) >= 11 is 0. The molecular weight excluding hydrogens is 493 g/mol. The summed E-state index contributed by atoms with van der Waals surface area (Å²) in [6.45, 7) is 10.0. The number of guanidine groups is 1. The molecule has 3 aliphatic rings. The van der Waals surface area contributed by atoms with Gasteiger partial charge in [0.05, 0.1) is 6.61 Å².